The number of hydrogen-bond acceptors (Lipinski definition) is 7. The maximum atomic E-state index is 10.7. The monoisotopic (exact) mass is 542 g/mol. The molecule has 186 valence electrons. The van der Waals surface area contributed by atoms with E-state index in [4.69, 9.17) is 29.4 Å². The summed E-state index contributed by atoms with van der Waals surface area (Å²) < 4.78 is 50.9. The van der Waals surface area contributed by atoms with E-state index in [9.17, 15) is 18.3 Å². The Hall–Kier alpha value is 1.16. The molecule has 0 bridgehead atoms. The fourth-order valence-electron chi connectivity index (χ4n) is 0.429. The minimum absolute atomic E-state index is 0. The van der Waals surface area contributed by atoms with Crippen LogP contribution in [-0.2, 0) is 31.2 Å². The Labute approximate surface area is 176 Å². The van der Waals surface area contributed by atoms with E-state index < -0.39 is 31.3 Å². The van der Waals surface area contributed by atoms with Gasteiger partial charge in [-0.25, -0.2) is 18.3 Å². The molecule has 0 spiro atoms. The van der Waals surface area contributed by atoms with Crippen LogP contribution in [0.3, 0.4) is 0 Å². The number of rotatable bonds is 6. The van der Waals surface area contributed by atoms with Gasteiger partial charge in [0.1, 0.15) is 0 Å². The van der Waals surface area contributed by atoms with Crippen LogP contribution >= 0.6 is 31.3 Å². The zero-order chi connectivity index (χ0) is 14.1. The predicted octanol–water partition coefficient (Wildman–Crippen LogP) is -9.47. The van der Waals surface area contributed by atoms with Gasteiger partial charge in [0.25, 0.3) is 0 Å². The van der Waals surface area contributed by atoms with Gasteiger partial charge >= 0.3 is 60.8 Å². The zero-order valence-corrected chi connectivity index (χ0v) is 15.9. The van der Waals surface area contributed by atoms with Crippen LogP contribution in [0.15, 0.2) is 0 Å². The van der Waals surface area contributed by atoms with Gasteiger partial charge in [-0.2, -0.15) is 12.9 Å². The second-order valence-electron chi connectivity index (χ2n) is 2.16. The predicted molar refractivity (Wildman–Crippen MR) is 90.3 cm³/mol. The van der Waals surface area contributed by atoms with E-state index in [0.717, 1.165) is 0 Å². The molecule has 2 unspecified atom stereocenters. The number of hydrogen-bond donors (Lipinski definition) is 6. The normalized spacial score (nSPS) is 12.5. The molecule has 0 aliphatic heterocycles. The first-order valence-corrected chi connectivity index (χ1v) is 9.08. The van der Waals surface area contributed by atoms with Crippen LogP contribution in [-0.4, -0.2) is 114 Å². The van der Waals surface area contributed by atoms with Crippen molar-refractivity contribution in [2.45, 2.75) is 0 Å². The second-order valence-corrected chi connectivity index (χ2v) is 7.96. The fraction of sp³-hybridized carbons (Fsp3) is 0. The number of phosphoric acid groups is 4. The third-order valence-electron chi connectivity index (χ3n) is 0.625. The van der Waals surface area contributed by atoms with Crippen molar-refractivity contribution in [3.63, 3.8) is 0 Å². The molecule has 0 aliphatic rings. The van der Waals surface area contributed by atoms with Crippen molar-refractivity contribution in [3.8, 4) is 0 Å². The summed E-state index contributed by atoms with van der Waals surface area (Å²) in [4.78, 5) is 49.4. The Morgan fingerprint density at radius 3 is 0.643 bits per heavy atom. The van der Waals surface area contributed by atoms with Gasteiger partial charge in [0.05, 0.1) is 0 Å². The summed E-state index contributed by atoms with van der Waals surface area (Å²) in [6.07, 6.45) is 0. The molecule has 0 heterocycles. The third-order valence-corrected chi connectivity index (χ3v) is 5.63. The topological polar surface area (TPSA) is 532 Å². The van der Waals surface area contributed by atoms with Gasteiger partial charge < -0.3 is 84.1 Å². The summed E-state index contributed by atoms with van der Waals surface area (Å²) in [6.45, 7) is 0. The van der Waals surface area contributed by atoms with Crippen molar-refractivity contribution < 1.29 is 115 Å². The second kappa shape index (κ2) is 26.2. The first-order chi connectivity index (χ1) is 7.12. The Balaban J connectivity index is -0.0000000233. The van der Waals surface area contributed by atoms with Crippen LogP contribution in [0.5, 0.6) is 0 Å². The molecule has 0 saturated heterocycles. The SMILES string of the molecule is O.O.O.O.O.O.O.O.O.O.O=P(O)(O)OP(=O)(O)OP(=O)(O)OP(=O)(O)O.[NaH]. The summed E-state index contributed by atoms with van der Waals surface area (Å²) in [5, 5.41) is 0. The van der Waals surface area contributed by atoms with Crippen LogP contribution in [0.25, 0.3) is 0 Å². The van der Waals surface area contributed by atoms with Crippen molar-refractivity contribution in [3.05, 3.63) is 0 Å². The van der Waals surface area contributed by atoms with E-state index in [1.165, 1.54) is 0 Å². The molecule has 0 saturated carbocycles. The summed E-state index contributed by atoms with van der Waals surface area (Å²) >= 11 is 0. The summed E-state index contributed by atoms with van der Waals surface area (Å²) in [5.41, 5.74) is 0. The Bertz CT molecular complexity index is 411. The molecule has 28 heteroatoms. The van der Waals surface area contributed by atoms with Gasteiger partial charge in [-0.05, 0) is 0 Å². The van der Waals surface area contributed by atoms with Gasteiger partial charge in [0.2, 0.25) is 0 Å². The van der Waals surface area contributed by atoms with Crippen LogP contribution in [0.2, 0.25) is 0 Å². The molecule has 2 atom stereocenters. The van der Waals surface area contributed by atoms with E-state index in [1.807, 2.05) is 0 Å². The third kappa shape index (κ3) is 50.6. The van der Waals surface area contributed by atoms with E-state index in [-0.39, 0.29) is 84.3 Å². The first-order valence-electron chi connectivity index (χ1n) is 3.03. The van der Waals surface area contributed by atoms with Gasteiger partial charge in [-0.1, -0.05) is 0 Å². The molecule has 0 aliphatic carbocycles. The van der Waals surface area contributed by atoms with Crippen LogP contribution in [0.1, 0.15) is 0 Å². The summed E-state index contributed by atoms with van der Waals surface area (Å²) in [6, 6.07) is 0. The van der Waals surface area contributed by atoms with Crippen molar-refractivity contribution in [1.82, 2.24) is 0 Å². The molecule has 0 radical (unpaired) electrons. The average Bonchev–Trinajstić information content (AvgIpc) is 1.65. The van der Waals surface area contributed by atoms with Crippen molar-refractivity contribution >= 4 is 60.8 Å². The van der Waals surface area contributed by atoms with Gasteiger partial charge in [0.15, 0.2) is 0 Å². The molecular weight excluding hydrogens is 515 g/mol. The van der Waals surface area contributed by atoms with E-state index in [1.54, 1.807) is 0 Å². The quantitative estimate of drug-likeness (QED) is 0.134. The van der Waals surface area contributed by atoms with Crippen LogP contribution < -0.4 is 0 Å². The Kier molecular flexibility index (Phi) is 73.5. The molecule has 0 rings (SSSR count). The Morgan fingerprint density at radius 2 is 0.536 bits per heavy atom. The van der Waals surface area contributed by atoms with Gasteiger partial charge in [0, 0.05) is 0 Å². The molecule has 0 amide bonds. The van der Waals surface area contributed by atoms with Crippen molar-refractivity contribution in [2.24, 2.45) is 0 Å². The van der Waals surface area contributed by atoms with Crippen LogP contribution in [0.4, 0.5) is 0 Å². The van der Waals surface area contributed by atoms with Gasteiger partial charge in [-0.15, -0.1) is 0 Å². The van der Waals surface area contributed by atoms with Crippen molar-refractivity contribution in [2.75, 3.05) is 0 Å². The summed E-state index contributed by atoms with van der Waals surface area (Å²) in [5.74, 6) is 0. The maximum absolute atomic E-state index is 10.7. The molecule has 23 nitrogen and oxygen atoms in total. The minimum atomic E-state index is -5.77. The Morgan fingerprint density at radius 1 is 0.393 bits per heavy atom. The first kappa shape index (κ1) is 78.5. The van der Waals surface area contributed by atoms with E-state index in [2.05, 4.69) is 12.9 Å². The van der Waals surface area contributed by atoms with Gasteiger partial charge in [-0.3, -0.25) is 0 Å². The zero-order valence-electron chi connectivity index (χ0n) is 12.3. The van der Waals surface area contributed by atoms with Crippen LogP contribution in [0, 0.1) is 0 Å². The average molecular weight is 542 g/mol. The molecular formula is H27NaO23P4. The molecule has 0 fully saturated rings. The molecule has 0 aromatic rings. The molecule has 0 aromatic heterocycles. The van der Waals surface area contributed by atoms with E-state index >= 15 is 0 Å². The molecule has 28 heavy (non-hydrogen) atoms. The molecule has 0 aromatic carbocycles. The standard InChI is InChI=1S/Na.H6O13P4.10H2O.H/c;1-14(2,3)11-16(7,8)13-17(9,10)12-15(4,5)6;;;;;;;;;;;/h;(H,7,8)(H,9,10)(H2,1,2,3)(H2,4,5,6);10*1H2;. The van der Waals surface area contributed by atoms with E-state index in [0.29, 0.717) is 0 Å². The molecule has 26 N–H and O–H groups in total. The van der Waals surface area contributed by atoms with Crippen molar-refractivity contribution in [1.29, 1.82) is 0 Å². The fourth-order valence-corrected chi connectivity index (χ4v) is 4.40. The summed E-state index contributed by atoms with van der Waals surface area (Å²) in [7, 11) is -22.6.